The second-order valence-corrected chi connectivity index (χ2v) is 7.90. The summed E-state index contributed by atoms with van der Waals surface area (Å²) in [5.74, 6) is 0.540. The third-order valence-electron chi connectivity index (χ3n) is 4.98. The first kappa shape index (κ1) is 18.3. The molecule has 5 nitrogen and oxygen atoms in total. The van der Waals surface area contributed by atoms with E-state index in [1.165, 1.54) is 11.3 Å². The summed E-state index contributed by atoms with van der Waals surface area (Å²) in [4.78, 5) is 30.5. The molecule has 0 unspecified atom stereocenters. The molecule has 0 spiro atoms. The molecule has 0 fully saturated rings. The molecular formula is C22H20N2O3S. The first-order valence-corrected chi connectivity index (χ1v) is 9.73. The summed E-state index contributed by atoms with van der Waals surface area (Å²) in [7, 11) is 3.37. The number of hydrogen-bond acceptors (Lipinski definition) is 4. The van der Waals surface area contributed by atoms with E-state index in [-0.39, 0.29) is 18.4 Å². The highest BCUT2D eigenvalue weighted by Gasteiger charge is 2.31. The molecule has 4 rings (SSSR count). The van der Waals surface area contributed by atoms with Crippen LogP contribution in [0, 0.1) is 6.92 Å². The topological polar surface area (TPSA) is 49.9 Å². The lowest BCUT2D eigenvalue weighted by Gasteiger charge is -2.33. The predicted molar refractivity (Wildman–Crippen MR) is 113 cm³/mol. The van der Waals surface area contributed by atoms with E-state index in [1.54, 1.807) is 24.0 Å². The zero-order valence-electron chi connectivity index (χ0n) is 15.9. The van der Waals surface area contributed by atoms with Gasteiger partial charge in [-0.1, -0.05) is 24.3 Å². The van der Waals surface area contributed by atoms with Crippen molar-refractivity contribution in [1.82, 2.24) is 0 Å². The number of amides is 2. The van der Waals surface area contributed by atoms with Crippen molar-refractivity contribution in [3.63, 3.8) is 0 Å². The van der Waals surface area contributed by atoms with E-state index >= 15 is 0 Å². The number of anilines is 2. The summed E-state index contributed by atoms with van der Waals surface area (Å²) in [6, 6.07) is 17.2. The van der Waals surface area contributed by atoms with Gasteiger partial charge in [-0.3, -0.25) is 14.5 Å². The number of rotatable bonds is 3. The molecule has 1 aliphatic heterocycles. The first-order valence-electron chi connectivity index (χ1n) is 8.92. The Morgan fingerprint density at radius 2 is 1.75 bits per heavy atom. The van der Waals surface area contributed by atoms with Gasteiger partial charge < -0.3 is 9.64 Å². The van der Waals surface area contributed by atoms with Crippen molar-refractivity contribution in [2.45, 2.75) is 6.92 Å². The monoisotopic (exact) mass is 392 g/mol. The summed E-state index contributed by atoms with van der Waals surface area (Å²) >= 11 is 1.45. The molecule has 0 saturated carbocycles. The van der Waals surface area contributed by atoms with E-state index in [9.17, 15) is 9.59 Å². The molecular weight excluding hydrogens is 372 g/mol. The minimum atomic E-state index is -0.151. The minimum Gasteiger partial charge on any atom is -0.497 e. The van der Waals surface area contributed by atoms with E-state index in [1.807, 2.05) is 61.5 Å². The second-order valence-electron chi connectivity index (χ2n) is 6.64. The maximum atomic E-state index is 13.3. The molecule has 2 amide bonds. The summed E-state index contributed by atoms with van der Waals surface area (Å²) in [6.45, 7) is 2.05. The SMILES string of the molecule is COc1ccc(-c2cc(C(=O)N3CC(=O)N(C)c4ccccc43)sc2C)cc1. The van der Waals surface area contributed by atoms with Crippen molar-refractivity contribution >= 4 is 34.5 Å². The third kappa shape index (κ3) is 3.05. The minimum absolute atomic E-state index is 0.0428. The number of aryl methyl sites for hydroxylation is 1. The number of nitrogens with zero attached hydrogens (tertiary/aromatic N) is 2. The van der Waals surface area contributed by atoms with Crippen LogP contribution in [0.1, 0.15) is 14.5 Å². The largest absolute Gasteiger partial charge is 0.497 e. The first-order chi connectivity index (χ1) is 13.5. The number of carbonyl (C=O) groups is 2. The molecule has 0 bridgehead atoms. The molecule has 1 aromatic heterocycles. The fraction of sp³-hybridized carbons (Fsp3) is 0.182. The average Bonchev–Trinajstić information content (AvgIpc) is 3.12. The summed E-state index contributed by atoms with van der Waals surface area (Å²) in [6.07, 6.45) is 0. The Morgan fingerprint density at radius 1 is 1.07 bits per heavy atom. The van der Waals surface area contributed by atoms with Crippen LogP contribution in [0.4, 0.5) is 11.4 Å². The standard InChI is InChI=1S/C22H20N2O3S/c1-14-17(15-8-10-16(27-3)11-9-15)12-20(28-14)22(26)24-13-21(25)23(2)18-6-4-5-7-19(18)24/h4-12H,13H2,1-3H3. The van der Waals surface area contributed by atoms with Gasteiger partial charge in [-0.15, -0.1) is 11.3 Å². The van der Waals surface area contributed by atoms with Crippen LogP contribution in [0.15, 0.2) is 54.6 Å². The van der Waals surface area contributed by atoms with Crippen molar-refractivity contribution in [3.8, 4) is 16.9 Å². The van der Waals surface area contributed by atoms with Crippen LogP contribution in [-0.4, -0.2) is 32.5 Å². The molecule has 3 aromatic rings. The van der Waals surface area contributed by atoms with E-state index < -0.39 is 0 Å². The van der Waals surface area contributed by atoms with E-state index in [4.69, 9.17) is 4.74 Å². The van der Waals surface area contributed by atoms with Crippen LogP contribution < -0.4 is 14.5 Å². The van der Waals surface area contributed by atoms with Gasteiger partial charge in [0.25, 0.3) is 5.91 Å². The quantitative estimate of drug-likeness (QED) is 0.666. The molecule has 2 aromatic carbocycles. The normalized spacial score (nSPS) is 13.5. The number of benzene rings is 2. The molecule has 142 valence electrons. The highest BCUT2D eigenvalue weighted by Crippen LogP contribution is 2.36. The van der Waals surface area contributed by atoms with Crippen LogP contribution >= 0.6 is 11.3 Å². The van der Waals surface area contributed by atoms with Gasteiger partial charge in [-0.25, -0.2) is 0 Å². The summed E-state index contributed by atoms with van der Waals surface area (Å²) in [5.41, 5.74) is 3.55. The van der Waals surface area contributed by atoms with Crippen LogP contribution in [0.3, 0.4) is 0 Å². The molecule has 0 radical (unpaired) electrons. The fourth-order valence-corrected chi connectivity index (χ4v) is 4.39. The smallest absolute Gasteiger partial charge is 0.268 e. The average molecular weight is 392 g/mol. The Balaban J connectivity index is 1.69. The molecule has 28 heavy (non-hydrogen) atoms. The van der Waals surface area contributed by atoms with Crippen molar-refractivity contribution in [2.75, 3.05) is 30.5 Å². The van der Waals surface area contributed by atoms with Gasteiger partial charge in [-0.2, -0.15) is 0 Å². The number of likely N-dealkylation sites (N-methyl/N-ethyl adjacent to an activating group) is 1. The lowest BCUT2D eigenvalue weighted by Crippen LogP contribution is -2.46. The van der Waals surface area contributed by atoms with E-state index in [2.05, 4.69) is 0 Å². The van der Waals surface area contributed by atoms with Crippen LogP contribution in [0.2, 0.25) is 0 Å². The van der Waals surface area contributed by atoms with Crippen LogP contribution in [0.5, 0.6) is 5.75 Å². The number of para-hydroxylation sites is 2. The zero-order chi connectivity index (χ0) is 19.8. The van der Waals surface area contributed by atoms with E-state index in [0.29, 0.717) is 4.88 Å². The van der Waals surface area contributed by atoms with Gasteiger partial charge >= 0.3 is 0 Å². The summed E-state index contributed by atoms with van der Waals surface area (Å²) < 4.78 is 5.22. The summed E-state index contributed by atoms with van der Waals surface area (Å²) in [5, 5.41) is 0. The predicted octanol–water partition coefficient (Wildman–Crippen LogP) is 4.36. The third-order valence-corrected chi connectivity index (χ3v) is 6.01. The second kappa shape index (κ2) is 7.13. The zero-order valence-corrected chi connectivity index (χ0v) is 16.7. The Kier molecular flexibility index (Phi) is 4.65. The number of carbonyl (C=O) groups excluding carboxylic acids is 2. The Morgan fingerprint density at radius 3 is 2.43 bits per heavy atom. The Hall–Kier alpha value is -3.12. The highest BCUT2D eigenvalue weighted by atomic mass is 32.1. The Bertz CT molecular complexity index is 1060. The van der Waals surface area contributed by atoms with Crippen LogP contribution in [0.25, 0.3) is 11.1 Å². The Labute approximate surface area is 167 Å². The van der Waals surface area contributed by atoms with Crippen LogP contribution in [-0.2, 0) is 4.79 Å². The lowest BCUT2D eigenvalue weighted by atomic mass is 10.1. The molecule has 2 heterocycles. The maximum absolute atomic E-state index is 13.3. The number of methoxy groups -OCH3 is 1. The van der Waals surface area contributed by atoms with Gasteiger partial charge in [0.1, 0.15) is 12.3 Å². The van der Waals surface area contributed by atoms with Crippen molar-refractivity contribution in [2.24, 2.45) is 0 Å². The van der Waals surface area contributed by atoms with Crippen molar-refractivity contribution < 1.29 is 14.3 Å². The van der Waals surface area contributed by atoms with Gasteiger partial charge in [0.05, 0.1) is 23.4 Å². The number of fused-ring (bicyclic) bond motifs is 1. The van der Waals surface area contributed by atoms with Gasteiger partial charge in [0, 0.05) is 11.9 Å². The molecule has 0 aliphatic carbocycles. The molecule has 0 atom stereocenters. The van der Waals surface area contributed by atoms with Gasteiger partial charge in [0.2, 0.25) is 5.91 Å². The number of thiophene rings is 1. The van der Waals surface area contributed by atoms with Gasteiger partial charge in [0.15, 0.2) is 0 Å². The number of hydrogen-bond donors (Lipinski definition) is 0. The lowest BCUT2D eigenvalue weighted by molar-refractivity contribution is -0.117. The van der Waals surface area contributed by atoms with Crippen molar-refractivity contribution in [3.05, 3.63) is 64.4 Å². The van der Waals surface area contributed by atoms with Gasteiger partial charge in [-0.05, 0) is 48.4 Å². The van der Waals surface area contributed by atoms with Crippen molar-refractivity contribution in [1.29, 1.82) is 0 Å². The molecule has 0 N–H and O–H groups in total. The maximum Gasteiger partial charge on any atom is 0.268 e. The number of ether oxygens (including phenoxy) is 1. The molecule has 6 heteroatoms. The fourth-order valence-electron chi connectivity index (χ4n) is 3.40. The molecule has 1 aliphatic rings. The van der Waals surface area contributed by atoms with E-state index in [0.717, 1.165) is 33.1 Å². The molecule has 0 saturated heterocycles. The highest BCUT2D eigenvalue weighted by molar-refractivity contribution is 7.14.